The number of nitrogens with zero attached hydrogens (tertiary/aromatic N) is 2. The van der Waals surface area contributed by atoms with Gasteiger partial charge < -0.3 is 10.6 Å². The van der Waals surface area contributed by atoms with E-state index in [4.69, 9.17) is 5.14 Å². The molecule has 152 valence electrons. The number of nitrogens with one attached hydrogen (secondary N) is 2. The Morgan fingerprint density at radius 1 is 1.10 bits per heavy atom. The lowest BCUT2D eigenvalue weighted by atomic mass is 10.2. The fourth-order valence-electron chi connectivity index (χ4n) is 2.96. The Morgan fingerprint density at radius 3 is 2.45 bits per heavy atom. The Morgan fingerprint density at radius 2 is 1.79 bits per heavy atom. The summed E-state index contributed by atoms with van der Waals surface area (Å²) in [6.07, 6.45) is 0. The van der Waals surface area contributed by atoms with E-state index in [9.17, 15) is 13.2 Å². The molecule has 1 atom stereocenters. The standard InChI is InChI=1S/C20H23N5O3S/c1-13-19(15(3)25(24-13)17-9-5-4-6-10-17)22-14(2)20(26)23-16-8-7-11-18(12-16)29(21,27)28/h4-12,14,22H,1-3H3,(H,23,26)(H2,21,27,28). The van der Waals surface area contributed by atoms with Crippen LogP contribution in [-0.2, 0) is 14.8 Å². The monoisotopic (exact) mass is 413 g/mol. The molecular formula is C20H23N5O3S. The third-order valence-electron chi connectivity index (χ3n) is 4.48. The van der Waals surface area contributed by atoms with E-state index in [0.29, 0.717) is 5.69 Å². The number of benzene rings is 2. The van der Waals surface area contributed by atoms with Gasteiger partial charge in [-0.1, -0.05) is 24.3 Å². The highest BCUT2D eigenvalue weighted by atomic mass is 32.2. The topological polar surface area (TPSA) is 119 Å². The lowest BCUT2D eigenvalue weighted by Gasteiger charge is -2.16. The van der Waals surface area contributed by atoms with E-state index >= 15 is 0 Å². The van der Waals surface area contributed by atoms with Gasteiger partial charge in [0, 0.05) is 5.69 Å². The number of para-hydroxylation sites is 1. The highest BCUT2D eigenvalue weighted by Gasteiger charge is 2.19. The number of primary sulfonamides is 1. The second-order valence-corrected chi connectivity index (χ2v) is 8.28. The average Bonchev–Trinajstić information content (AvgIpc) is 2.96. The summed E-state index contributed by atoms with van der Waals surface area (Å²) in [5, 5.41) is 15.6. The Bertz CT molecular complexity index is 1140. The van der Waals surface area contributed by atoms with Crippen LogP contribution in [0.3, 0.4) is 0 Å². The first-order valence-electron chi connectivity index (χ1n) is 8.98. The summed E-state index contributed by atoms with van der Waals surface area (Å²) in [4.78, 5) is 12.5. The quantitative estimate of drug-likeness (QED) is 0.574. The molecule has 0 bridgehead atoms. The van der Waals surface area contributed by atoms with Gasteiger partial charge in [-0.3, -0.25) is 4.79 Å². The molecule has 29 heavy (non-hydrogen) atoms. The van der Waals surface area contributed by atoms with Gasteiger partial charge in [0.2, 0.25) is 15.9 Å². The first-order chi connectivity index (χ1) is 13.7. The van der Waals surface area contributed by atoms with Gasteiger partial charge in [-0.25, -0.2) is 18.2 Å². The van der Waals surface area contributed by atoms with Gasteiger partial charge in [-0.05, 0) is 51.1 Å². The summed E-state index contributed by atoms with van der Waals surface area (Å²) in [6.45, 7) is 5.52. The second-order valence-electron chi connectivity index (χ2n) is 6.72. The van der Waals surface area contributed by atoms with Gasteiger partial charge in [0.1, 0.15) is 6.04 Å². The summed E-state index contributed by atoms with van der Waals surface area (Å²) >= 11 is 0. The molecule has 0 aliphatic rings. The largest absolute Gasteiger partial charge is 0.371 e. The molecule has 4 N–H and O–H groups in total. The molecule has 0 radical (unpaired) electrons. The first-order valence-corrected chi connectivity index (χ1v) is 10.5. The van der Waals surface area contributed by atoms with E-state index in [0.717, 1.165) is 22.8 Å². The number of rotatable bonds is 6. The van der Waals surface area contributed by atoms with E-state index in [-0.39, 0.29) is 10.8 Å². The molecular weight excluding hydrogens is 390 g/mol. The predicted octanol–water partition coefficient (Wildman–Crippen LogP) is 2.58. The van der Waals surface area contributed by atoms with Crippen LogP contribution in [0, 0.1) is 13.8 Å². The Kier molecular flexibility index (Phi) is 5.71. The molecule has 0 spiro atoms. The van der Waals surface area contributed by atoms with Crippen molar-refractivity contribution < 1.29 is 13.2 Å². The number of nitrogens with two attached hydrogens (primary N) is 1. The minimum Gasteiger partial charge on any atom is -0.371 e. The van der Waals surface area contributed by atoms with E-state index in [1.54, 1.807) is 13.0 Å². The van der Waals surface area contributed by atoms with Crippen molar-refractivity contribution >= 4 is 27.3 Å². The minimum absolute atomic E-state index is 0.0632. The molecule has 2 aromatic carbocycles. The summed E-state index contributed by atoms with van der Waals surface area (Å²) in [5.41, 5.74) is 3.70. The van der Waals surface area contributed by atoms with Crippen molar-refractivity contribution in [3.05, 3.63) is 66.0 Å². The zero-order valence-electron chi connectivity index (χ0n) is 16.4. The summed E-state index contributed by atoms with van der Waals surface area (Å²) in [6, 6.07) is 15.0. The number of hydrogen-bond acceptors (Lipinski definition) is 5. The fraction of sp³-hybridized carbons (Fsp3) is 0.200. The van der Waals surface area contributed by atoms with Crippen LogP contribution in [0.5, 0.6) is 0 Å². The maximum Gasteiger partial charge on any atom is 0.246 e. The molecule has 0 saturated carbocycles. The van der Waals surface area contributed by atoms with Gasteiger partial charge in [0.15, 0.2) is 0 Å². The minimum atomic E-state index is -3.84. The second kappa shape index (κ2) is 8.06. The molecule has 1 aromatic heterocycles. The van der Waals surface area contributed by atoms with Gasteiger partial charge >= 0.3 is 0 Å². The molecule has 9 heteroatoms. The predicted molar refractivity (Wildman–Crippen MR) is 113 cm³/mol. The molecule has 0 aliphatic heterocycles. The molecule has 0 aliphatic carbocycles. The smallest absolute Gasteiger partial charge is 0.246 e. The Hall–Kier alpha value is -3.17. The molecule has 0 fully saturated rings. The molecule has 1 amide bonds. The molecule has 0 saturated heterocycles. The van der Waals surface area contributed by atoms with Crippen LogP contribution in [0.25, 0.3) is 5.69 Å². The highest BCUT2D eigenvalue weighted by Crippen LogP contribution is 2.24. The molecule has 8 nitrogen and oxygen atoms in total. The lowest BCUT2D eigenvalue weighted by molar-refractivity contribution is -0.116. The van der Waals surface area contributed by atoms with Gasteiger partial charge in [0.05, 0.1) is 27.7 Å². The van der Waals surface area contributed by atoms with Crippen LogP contribution in [0.2, 0.25) is 0 Å². The van der Waals surface area contributed by atoms with Crippen LogP contribution in [0.1, 0.15) is 18.3 Å². The van der Waals surface area contributed by atoms with E-state index in [1.807, 2.05) is 48.9 Å². The maximum absolute atomic E-state index is 12.6. The number of anilines is 2. The summed E-state index contributed by atoms with van der Waals surface area (Å²) < 4.78 is 24.8. The SMILES string of the molecule is Cc1nn(-c2ccccc2)c(C)c1NC(C)C(=O)Nc1cccc(S(N)(=O)=O)c1. The third kappa shape index (κ3) is 4.64. The number of hydrogen-bond donors (Lipinski definition) is 3. The van der Waals surface area contributed by atoms with Crippen molar-refractivity contribution in [2.45, 2.75) is 31.7 Å². The van der Waals surface area contributed by atoms with Crippen LogP contribution < -0.4 is 15.8 Å². The molecule has 1 unspecified atom stereocenters. The summed E-state index contributed by atoms with van der Waals surface area (Å²) in [7, 11) is -3.84. The van der Waals surface area contributed by atoms with E-state index < -0.39 is 16.1 Å². The zero-order chi connectivity index (χ0) is 21.2. The zero-order valence-corrected chi connectivity index (χ0v) is 17.2. The number of carbonyl (C=O) groups excluding carboxylic acids is 1. The van der Waals surface area contributed by atoms with Crippen molar-refractivity contribution in [1.29, 1.82) is 0 Å². The fourth-order valence-corrected chi connectivity index (χ4v) is 3.52. The third-order valence-corrected chi connectivity index (χ3v) is 5.39. The Labute approximate surface area is 169 Å². The highest BCUT2D eigenvalue weighted by molar-refractivity contribution is 7.89. The van der Waals surface area contributed by atoms with Crippen LogP contribution >= 0.6 is 0 Å². The van der Waals surface area contributed by atoms with Crippen molar-refractivity contribution in [2.75, 3.05) is 10.6 Å². The lowest BCUT2D eigenvalue weighted by Crippen LogP contribution is -2.32. The van der Waals surface area contributed by atoms with Gasteiger partial charge in [0.25, 0.3) is 0 Å². The first kappa shape index (κ1) is 20.6. The maximum atomic E-state index is 12.6. The van der Waals surface area contributed by atoms with E-state index in [2.05, 4.69) is 15.7 Å². The molecule has 3 rings (SSSR count). The van der Waals surface area contributed by atoms with Crippen molar-refractivity contribution in [1.82, 2.24) is 9.78 Å². The van der Waals surface area contributed by atoms with Crippen LogP contribution in [-0.4, -0.2) is 30.1 Å². The van der Waals surface area contributed by atoms with Crippen molar-refractivity contribution in [2.24, 2.45) is 5.14 Å². The van der Waals surface area contributed by atoms with Crippen LogP contribution in [0.15, 0.2) is 59.5 Å². The van der Waals surface area contributed by atoms with Crippen molar-refractivity contribution in [3.63, 3.8) is 0 Å². The number of sulfonamides is 1. The van der Waals surface area contributed by atoms with Crippen LogP contribution in [0.4, 0.5) is 11.4 Å². The number of carbonyl (C=O) groups is 1. The van der Waals surface area contributed by atoms with Gasteiger partial charge in [-0.2, -0.15) is 5.10 Å². The number of amides is 1. The number of aromatic nitrogens is 2. The Balaban J connectivity index is 1.76. The van der Waals surface area contributed by atoms with Crippen molar-refractivity contribution in [3.8, 4) is 5.69 Å². The molecule has 3 aromatic rings. The summed E-state index contributed by atoms with van der Waals surface area (Å²) in [5.74, 6) is -0.317. The van der Waals surface area contributed by atoms with E-state index in [1.165, 1.54) is 18.2 Å². The van der Waals surface area contributed by atoms with Gasteiger partial charge in [-0.15, -0.1) is 0 Å². The average molecular weight is 414 g/mol. The normalized spacial score (nSPS) is 12.4. The number of aryl methyl sites for hydroxylation is 1. The molecule has 1 heterocycles.